The maximum Gasteiger partial charge on any atom is 0.278 e. The van der Waals surface area contributed by atoms with Crippen LogP contribution in [0, 0.1) is 12.8 Å². The molecule has 1 aliphatic heterocycles. The lowest BCUT2D eigenvalue weighted by Crippen LogP contribution is -2.42. The SMILES string of the molecule is CCC(F)(F)c1conc1C1(F)CCN(CC[C@H]2CC[C@H](NC(=O)Cc3cnc(C)s3)CC2)CC1. The third-order valence-electron chi connectivity index (χ3n) is 7.55. The second kappa shape index (κ2) is 11.0. The predicted molar refractivity (Wildman–Crippen MR) is 128 cm³/mol. The van der Waals surface area contributed by atoms with Crippen LogP contribution < -0.4 is 5.32 Å². The van der Waals surface area contributed by atoms with Crippen molar-refractivity contribution in [1.82, 2.24) is 20.4 Å². The molecule has 0 atom stereocenters. The third-order valence-corrected chi connectivity index (χ3v) is 8.46. The first-order valence-corrected chi connectivity index (χ1v) is 13.5. The number of thiazole rings is 1. The van der Waals surface area contributed by atoms with Gasteiger partial charge in [0.25, 0.3) is 5.92 Å². The normalized spacial score (nSPS) is 23.3. The summed E-state index contributed by atoms with van der Waals surface area (Å²) < 4.78 is 48.8. The van der Waals surface area contributed by atoms with Crippen molar-refractivity contribution < 1.29 is 22.5 Å². The second-order valence-corrected chi connectivity index (χ2v) is 11.4. The number of hydrogen-bond donors (Lipinski definition) is 1. The van der Waals surface area contributed by atoms with Crippen molar-refractivity contribution in [2.24, 2.45) is 5.92 Å². The van der Waals surface area contributed by atoms with Crippen molar-refractivity contribution in [2.75, 3.05) is 19.6 Å². The summed E-state index contributed by atoms with van der Waals surface area (Å²) in [5.74, 6) is -2.48. The summed E-state index contributed by atoms with van der Waals surface area (Å²) in [4.78, 5) is 19.7. The number of hydrogen-bond acceptors (Lipinski definition) is 6. The van der Waals surface area contributed by atoms with Crippen LogP contribution in [0.15, 0.2) is 17.0 Å². The molecule has 2 aliphatic rings. The summed E-state index contributed by atoms with van der Waals surface area (Å²) >= 11 is 1.56. The average molecular weight is 513 g/mol. The number of aromatic nitrogens is 2. The first-order chi connectivity index (χ1) is 16.7. The van der Waals surface area contributed by atoms with Crippen LogP contribution in [0.2, 0.25) is 0 Å². The molecule has 1 aliphatic carbocycles. The maximum absolute atomic E-state index is 15.6. The highest BCUT2D eigenvalue weighted by Crippen LogP contribution is 2.43. The molecule has 2 aromatic heterocycles. The van der Waals surface area contributed by atoms with Gasteiger partial charge < -0.3 is 14.7 Å². The molecule has 0 aromatic carbocycles. The second-order valence-electron chi connectivity index (χ2n) is 10.0. The van der Waals surface area contributed by atoms with E-state index in [9.17, 15) is 13.6 Å². The minimum atomic E-state index is -3.13. The molecule has 2 fully saturated rings. The lowest BCUT2D eigenvalue weighted by atomic mass is 9.83. The number of nitrogens with one attached hydrogen (secondary N) is 1. The van der Waals surface area contributed by atoms with Crippen LogP contribution in [-0.4, -0.2) is 46.6 Å². The van der Waals surface area contributed by atoms with E-state index >= 15 is 4.39 Å². The lowest BCUT2D eigenvalue weighted by Gasteiger charge is -2.37. The molecule has 2 aromatic rings. The zero-order chi connectivity index (χ0) is 25.1. The van der Waals surface area contributed by atoms with E-state index in [0.29, 0.717) is 25.4 Å². The molecular formula is C25H35F3N4O2S. The summed E-state index contributed by atoms with van der Waals surface area (Å²) in [6.07, 6.45) is 8.06. The van der Waals surface area contributed by atoms with Gasteiger partial charge in [-0.3, -0.25) is 4.79 Å². The number of likely N-dealkylation sites (tertiary alicyclic amines) is 1. The molecule has 0 spiro atoms. The Labute approximate surface area is 208 Å². The fourth-order valence-electron chi connectivity index (χ4n) is 5.26. The number of alkyl halides is 3. The van der Waals surface area contributed by atoms with Crippen molar-refractivity contribution in [3.8, 4) is 0 Å². The first kappa shape index (κ1) is 26.1. The largest absolute Gasteiger partial charge is 0.364 e. The Bertz CT molecular complexity index is 979. The van der Waals surface area contributed by atoms with Gasteiger partial charge in [0, 0.05) is 49.5 Å². The molecule has 1 saturated heterocycles. The molecule has 0 bridgehead atoms. The van der Waals surface area contributed by atoms with E-state index in [1.54, 1.807) is 17.5 Å². The Hall–Kier alpha value is -1.94. The maximum atomic E-state index is 15.6. The van der Waals surface area contributed by atoms with Crippen molar-refractivity contribution in [1.29, 1.82) is 0 Å². The van der Waals surface area contributed by atoms with Crippen LogP contribution in [0.25, 0.3) is 0 Å². The Morgan fingerprint density at radius 2 is 2.00 bits per heavy atom. The van der Waals surface area contributed by atoms with E-state index in [-0.39, 0.29) is 30.5 Å². The topological polar surface area (TPSA) is 71.3 Å². The van der Waals surface area contributed by atoms with Crippen LogP contribution in [0.4, 0.5) is 13.2 Å². The highest BCUT2D eigenvalue weighted by molar-refractivity contribution is 7.11. The molecule has 1 amide bonds. The van der Waals surface area contributed by atoms with Crippen molar-refractivity contribution in [2.45, 2.75) is 89.3 Å². The highest BCUT2D eigenvalue weighted by Gasteiger charge is 2.46. The first-order valence-electron chi connectivity index (χ1n) is 12.6. The third kappa shape index (κ3) is 6.44. The summed E-state index contributed by atoms with van der Waals surface area (Å²) in [7, 11) is 0. The fourth-order valence-corrected chi connectivity index (χ4v) is 6.06. The monoisotopic (exact) mass is 512 g/mol. The molecule has 4 rings (SSSR count). The van der Waals surface area contributed by atoms with Gasteiger partial charge in [0.1, 0.15) is 12.0 Å². The van der Waals surface area contributed by atoms with Gasteiger partial charge in [-0.25, -0.2) is 18.2 Å². The quantitative estimate of drug-likeness (QED) is 0.480. The van der Waals surface area contributed by atoms with Gasteiger partial charge in [-0.15, -0.1) is 11.3 Å². The molecule has 3 heterocycles. The van der Waals surface area contributed by atoms with E-state index in [2.05, 4.69) is 20.4 Å². The molecule has 1 N–H and O–H groups in total. The van der Waals surface area contributed by atoms with Crippen LogP contribution in [-0.2, 0) is 22.8 Å². The number of halogens is 3. The minimum absolute atomic E-state index is 0.0621. The summed E-state index contributed by atoms with van der Waals surface area (Å²) in [6, 6.07) is 0.229. The molecule has 1 saturated carbocycles. The molecule has 6 nitrogen and oxygen atoms in total. The number of nitrogens with zero attached hydrogens (tertiary/aromatic N) is 3. The standard InChI is InChI=1S/C25H35F3N4O2S/c1-3-25(27,28)21-16-34-31-23(21)24(26)9-12-32(13-10-24)11-8-18-4-6-19(7-5-18)30-22(33)14-20-15-29-17(2)35-20/h15-16,18-19H,3-14H2,1-2H3,(H,30,33)/t18-,19-. The lowest BCUT2D eigenvalue weighted by molar-refractivity contribution is -0.121. The van der Waals surface area contributed by atoms with Crippen LogP contribution in [0.3, 0.4) is 0 Å². The average Bonchev–Trinajstić information content (AvgIpc) is 3.50. The predicted octanol–water partition coefficient (Wildman–Crippen LogP) is 5.51. The zero-order valence-corrected chi connectivity index (χ0v) is 21.3. The van der Waals surface area contributed by atoms with Gasteiger partial charge in [0.05, 0.1) is 17.0 Å². The van der Waals surface area contributed by atoms with Crippen LogP contribution in [0.1, 0.15) is 79.4 Å². The van der Waals surface area contributed by atoms with Crippen LogP contribution in [0.5, 0.6) is 0 Å². The van der Waals surface area contributed by atoms with E-state index < -0.39 is 23.6 Å². The van der Waals surface area contributed by atoms with E-state index in [4.69, 9.17) is 4.52 Å². The number of rotatable bonds is 9. The summed E-state index contributed by atoms with van der Waals surface area (Å²) in [5, 5.41) is 7.78. The van der Waals surface area contributed by atoms with Gasteiger partial charge in [-0.2, -0.15) is 0 Å². The van der Waals surface area contributed by atoms with Gasteiger partial charge >= 0.3 is 0 Å². The van der Waals surface area contributed by atoms with E-state index in [1.165, 1.54) is 6.92 Å². The smallest absolute Gasteiger partial charge is 0.278 e. The molecular weight excluding hydrogens is 477 g/mol. The van der Waals surface area contributed by atoms with Crippen molar-refractivity contribution in [3.63, 3.8) is 0 Å². The number of carbonyl (C=O) groups excluding carboxylic acids is 1. The van der Waals surface area contributed by atoms with Gasteiger partial charge in [-0.1, -0.05) is 12.1 Å². The van der Waals surface area contributed by atoms with Crippen molar-refractivity contribution in [3.05, 3.63) is 33.6 Å². The van der Waals surface area contributed by atoms with Gasteiger partial charge in [-0.05, 0) is 51.5 Å². The van der Waals surface area contributed by atoms with E-state index in [1.807, 2.05) is 6.92 Å². The number of piperidine rings is 1. The van der Waals surface area contributed by atoms with Gasteiger partial charge in [0.2, 0.25) is 5.91 Å². The molecule has 0 unspecified atom stereocenters. The Balaban J connectivity index is 1.17. The Morgan fingerprint density at radius 3 is 2.63 bits per heavy atom. The summed E-state index contributed by atoms with van der Waals surface area (Å²) in [6.45, 7) is 5.22. The van der Waals surface area contributed by atoms with Crippen molar-refractivity contribution >= 4 is 17.2 Å². The number of carbonyl (C=O) groups is 1. The highest BCUT2D eigenvalue weighted by atomic mass is 32.1. The molecule has 10 heteroatoms. The molecule has 35 heavy (non-hydrogen) atoms. The minimum Gasteiger partial charge on any atom is -0.364 e. The van der Waals surface area contributed by atoms with E-state index in [0.717, 1.165) is 54.8 Å². The molecule has 194 valence electrons. The zero-order valence-electron chi connectivity index (χ0n) is 20.5. The Morgan fingerprint density at radius 1 is 1.29 bits per heavy atom. The summed E-state index contributed by atoms with van der Waals surface area (Å²) in [5.41, 5.74) is -2.51. The number of amides is 1. The fraction of sp³-hybridized carbons (Fsp3) is 0.720. The number of aryl methyl sites for hydroxylation is 1. The van der Waals surface area contributed by atoms with Crippen LogP contribution >= 0.6 is 11.3 Å². The Kier molecular flexibility index (Phi) is 8.20. The molecule has 0 radical (unpaired) electrons. The van der Waals surface area contributed by atoms with Gasteiger partial charge in [0.15, 0.2) is 5.67 Å².